The Kier molecular flexibility index (Phi) is 5.40. The summed E-state index contributed by atoms with van der Waals surface area (Å²) < 4.78 is 35.2. The Balaban J connectivity index is 1.89. The van der Waals surface area contributed by atoms with Crippen molar-refractivity contribution in [2.45, 2.75) is 24.7 Å². The van der Waals surface area contributed by atoms with E-state index < -0.39 is 43.0 Å². The summed E-state index contributed by atoms with van der Waals surface area (Å²) >= 11 is 0. The third-order valence-electron chi connectivity index (χ3n) is 5.10. The molecule has 32 heavy (non-hydrogen) atoms. The second-order valence-corrected chi connectivity index (χ2v) is 8.96. The largest absolute Gasteiger partial charge is 0.351 e. The van der Waals surface area contributed by atoms with Crippen molar-refractivity contribution in [2.75, 3.05) is 10.8 Å². The van der Waals surface area contributed by atoms with Crippen LogP contribution in [0.15, 0.2) is 69.2 Å². The van der Waals surface area contributed by atoms with Gasteiger partial charge in [0.15, 0.2) is 11.1 Å². The topological polar surface area (TPSA) is 145 Å². The van der Waals surface area contributed by atoms with Crippen molar-refractivity contribution in [2.24, 2.45) is 0 Å². The number of hydrogen-bond donors (Lipinski definition) is 1. The highest BCUT2D eigenvalue weighted by atomic mass is 32.2. The van der Waals surface area contributed by atoms with E-state index in [1.807, 2.05) is 0 Å². The molecule has 1 atom stereocenters. The fourth-order valence-corrected chi connectivity index (χ4v) is 5.15. The molecule has 0 fully saturated rings. The van der Waals surface area contributed by atoms with Gasteiger partial charge in [0.1, 0.15) is 0 Å². The normalized spacial score (nSPS) is 16.3. The number of aryl methyl sites for hydroxylation is 1. The lowest BCUT2D eigenvalue weighted by molar-refractivity contribution is -0.387. The Labute approximate surface area is 181 Å². The number of aromatic amines is 1. The number of nitrogens with one attached hydrogen (secondary N) is 1. The fourth-order valence-electron chi connectivity index (χ4n) is 3.50. The van der Waals surface area contributed by atoms with E-state index in [1.165, 1.54) is 25.3 Å². The van der Waals surface area contributed by atoms with E-state index in [0.717, 1.165) is 21.0 Å². The van der Waals surface area contributed by atoms with Gasteiger partial charge in [0.2, 0.25) is 0 Å². The van der Waals surface area contributed by atoms with Crippen molar-refractivity contribution in [3.05, 3.63) is 96.8 Å². The van der Waals surface area contributed by atoms with E-state index in [-0.39, 0.29) is 24.4 Å². The van der Waals surface area contributed by atoms with Crippen LogP contribution in [-0.4, -0.2) is 29.4 Å². The molecule has 1 N–H and O–H groups in total. The number of ether oxygens (including phenoxy) is 1. The van der Waals surface area contributed by atoms with Gasteiger partial charge in [0.25, 0.3) is 21.3 Å². The van der Waals surface area contributed by atoms with Gasteiger partial charge in [-0.2, -0.15) is 0 Å². The summed E-state index contributed by atoms with van der Waals surface area (Å²) in [6.45, 7) is 1.13. The van der Waals surface area contributed by atoms with Gasteiger partial charge in [-0.1, -0.05) is 30.3 Å². The van der Waals surface area contributed by atoms with Crippen LogP contribution in [0.1, 0.15) is 17.4 Å². The molecule has 0 aliphatic carbocycles. The van der Waals surface area contributed by atoms with Gasteiger partial charge < -0.3 is 4.74 Å². The number of nitro benzene ring substituents is 1. The standard InChI is InChI=1S/C20H18N4O7S/c1-13-10-22(20(26)21-19(13)25)18-11-23(15-7-3-2-6-14(15)12-31-18)32(29,30)17-9-5-4-8-16(17)24(27)28/h2-10,18H,11-12H2,1H3,(H,21,25,26). The van der Waals surface area contributed by atoms with Crippen molar-refractivity contribution in [1.82, 2.24) is 9.55 Å². The lowest BCUT2D eigenvalue weighted by Gasteiger charge is -2.27. The molecule has 3 aromatic rings. The van der Waals surface area contributed by atoms with Crippen molar-refractivity contribution >= 4 is 21.4 Å². The number of hydrogen-bond acceptors (Lipinski definition) is 7. The third kappa shape index (κ3) is 3.69. The maximum Gasteiger partial charge on any atom is 0.330 e. The number of aromatic nitrogens is 2. The highest BCUT2D eigenvalue weighted by molar-refractivity contribution is 7.93. The molecular weight excluding hydrogens is 440 g/mol. The average molecular weight is 458 g/mol. The van der Waals surface area contributed by atoms with Crippen LogP contribution >= 0.6 is 0 Å². The Morgan fingerprint density at radius 2 is 1.81 bits per heavy atom. The minimum atomic E-state index is -4.42. The van der Waals surface area contributed by atoms with Crippen molar-refractivity contribution < 1.29 is 18.1 Å². The quantitative estimate of drug-likeness (QED) is 0.462. The number of rotatable bonds is 4. The number of para-hydroxylation sites is 2. The highest BCUT2D eigenvalue weighted by Crippen LogP contribution is 2.35. The van der Waals surface area contributed by atoms with Crippen LogP contribution in [0, 0.1) is 17.0 Å². The molecule has 0 bridgehead atoms. The number of fused-ring (bicyclic) bond motifs is 1. The molecule has 1 aliphatic heterocycles. The molecule has 4 rings (SSSR count). The van der Waals surface area contributed by atoms with Crippen LogP contribution in [0.2, 0.25) is 0 Å². The molecule has 0 radical (unpaired) electrons. The van der Waals surface area contributed by atoms with Crippen molar-refractivity contribution in [1.29, 1.82) is 0 Å². The fraction of sp³-hybridized carbons (Fsp3) is 0.200. The van der Waals surface area contributed by atoms with Crippen LogP contribution in [0.3, 0.4) is 0 Å². The Morgan fingerprint density at radius 1 is 1.12 bits per heavy atom. The first-order valence-electron chi connectivity index (χ1n) is 9.48. The molecule has 0 spiro atoms. The zero-order valence-corrected chi connectivity index (χ0v) is 17.6. The molecule has 2 aromatic carbocycles. The molecule has 1 aromatic heterocycles. The van der Waals surface area contributed by atoms with Gasteiger partial charge in [-0.3, -0.25) is 28.8 Å². The number of nitro groups is 1. The maximum atomic E-state index is 13.6. The maximum absolute atomic E-state index is 13.6. The monoisotopic (exact) mass is 458 g/mol. The van der Waals surface area contributed by atoms with Crippen LogP contribution in [0.4, 0.5) is 11.4 Å². The Bertz CT molecular complexity index is 1430. The second kappa shape index (κ2) is 8.05. The number of H-pyrrole nitrogens is 1. The SMILES string of the molecule is Cc1cn(C2CN(S(=O)(=O)c3ccccc3[N+](=O)[O-])c3ccccc3CO2)c(=O)[nH]c1=O. The molecule has 166 valence electrons. The first-order chi connectivity index (χ1) is 15.2. The molecule has 1 aliphatic rings. The number of anilines is 1. The molecule has 12 heteroatoms. The van der Waals surface area contributed by atoms with Gasteiger partial charge in [0, 0.05) is 23.4 Å². The first kappa shape index (κ1) is 21.5. The Morgan fingerprint density at radius 3 is 2.56 bits per heavy atom. The van der Waals surface area contributed by atoms with E-state index in [9.17, 15) is 28.1 Å². The minimum absolute atomic E-state index is 0.0195. The summed E-state index contributed by atoms with van der Waals surface area (Å²) in [5.74, 6) is 0. The van der Waals surface area contributed by atoms with E-state index >= 15 is 0 Å². The predicted molar refractivity (Wildman–Crippen MR) is 114 cm³/mol. The van der Waals surface area contributed by atoms with E-state index in [2.05, 4.69) is 4.98 Å². The van der Waals surface area contributed by atoms with Crippen molar-refractivity contribution in [3.8, 4) is 0 Å². The molecule has 2 heterocycles. The number of sulfonamides is 1. The summed E-state index contributed by atoms with van der Waals surface area (Å²) in [7, 11) is -4.42. The molecular formula is C20H18N4O7S. The lowest BCUT2D eigenvalue weighted by atomic mass is 10.2. The molecule has 0 saturated carbocycles. The summed E-state index contributed by atoms with van der Waals surface area (Å²) in [6.07, 6.45) is 0.195. The zero-order valence-electron chi connectivity index (χ0n) is 16.8. The minimum Gasteiger partial charge on any atom is -0.351 e. The smallest absolute Gasteiger partial charge is 0.330 e. The summed E-state index contributed by atoms with van der Waals surface area (Å²) in [5.41, 5.74) is -0.854. The Hall–Kier alpha value is -3.77. The number of benzene rings is 2. The van der Waals surface area contributed by atoms with Gasteiger partial charge in [-0.15, -0.1) is 0 Å². The molecule has 0 amide bonds. The molecule has 1 unspecified atom stereocenters. The van der Waals surface area contributed by atoms with Gasteiger partial charge >= 0.3 is 5.69 Å². The van der Waals surface area contributed by atoms with Crippen molar-refractivity contribution in [3.63, 3.8) is 0 Å². The van der Waals surface area contributed by atoms with Crippen LogP contribution in [0.25, 0.3) is 0 Å². The van der Waals surface area contributed by atoms with Crippen LogP contribution in [0.5, 0.6) is 0 Å². The molecule has 11 nitrogen and oxygen atoms in total. The van der Waals surface area contributed by atoms with Gasteiger partial charge in [0.05, 0.1) is 23.8 Å². The highest BCUT2D eigenvalue weighted by Gasteiger charge is 2.36. The van der Waals surface area contributed by atoms with E-state index in [4.69, 9.17) is 4.74 Å². The molecule has 0 saturated heterocycles. The lowest BCUT2D eigenvalue weighted by Crippen LogP contribution is -2.41. The summed E-state index contributed by atoms with van der Waals surface area (Å²) in [4.78, 5) is 36.6. The van der Waals surface area contributed by atoms with E-state index in [0.29, 0.717) is 5.56 Å². The van der Waals surface area contributed by atoms with Gasteiger partial charge in [-0.25, -0.2) is 13.2 Å². The average Bonchev–Trinajstić information content (AvgIpc) is 2.97. The number of nitrogens with zero attached hydrogens (tertiary/aromatic N) is 3. The van der Waals surface area contributed by atoms with Gasteiger partial charge in [-0.05, 0) is 19.1 Å². The summed E-state index contributed by atoms with van der Waals surface area (Å²) in [6, 6.07) is 11.6. The third-order valence-corrected chi connectivity index (χ3v) is 6.93. The predicted octanol–water partition coefficient (Wildman–Crippen LogP) is 1.68. The zero-order chi connectivity index (χ0) is 23.0. The second-order valence-electron chi connectivity index (χ2n) is 7.13. The first-order valence-corrected chi connectivity index (χ1v) is 10.9. The summed E-state index contributed by atoms with van der Waals surface area (Å²) in [5, 5.41) is 11.5. The van der Waals surface area contributed by atoms with E-state index in [1.54, 1.807) is 24.3 Å². The van der Waals surface area contributed by atoms with Crippen LogP contribution < -0.4 is 15.6 Å². The van der Waals surface area contributed by atoms with Crippen LogP contribution in [-0.2, 0) is 21.4 Å².